The van der Waals surface area contributed by atoms with Crippen molar-refractivity contribution in [3.63, 3.8) is 0 Å². The second-order valence-corrected chi connectivity index (χ2v) is 4.69. The molecule has 0 aliphatic rings. The second kappa shape index (κ2) is 4.72. The Morgan fingerprint density at radius 3 is 3.16 bits per heavy atom. The number of aliphatic hydroxyl groups excluding tert-OH is 1. The van der Waals surface area contributed by atoms with Crippen LogP contribution in [-0.2, 0) is 6.61 Å². The van der Waals surface area contributed by atoms with Gasteiger partial charge in [0.05, 0.1) is 18.2 Å². The number of nitrogens with zero attached hydrogens (tertiary/aromatic N) is 3. The lowest BCUT2D eigenvalue weighted by atomic mass is 10.2. The van der Waals surface area contributed by atoms with E-state index in [1.807, 2.05) is 11.6 Å². The first-order valence-electron chi connectivity index (χ1n) is 5.55. The van der Waals surface area contributed by atoms with Gasteiger partial charge in [0.2, 0.25) is 5.88 Å². The summed E-state index contributed by atoms with van der Waals surface area (Å²) in [6.07, 6.45) is 1.83. The van der Waals surface area contributed by atoms with Crippen LogP contribution in [-0.4, -0.2) is 14.5 Å². The van der Waals surface area contributed by atoms with Gasteiger partial charge in [-0.15, -0.1) is 11.3 Å². The largest absolute Gasteiger partial charge is 0.437 e. The van der Waals surface area contributed by atoms with Crippen LogP contribution >= 0.6 is 11.3 Å². The van der Waals surface area contributed by atoms with Crippen molar-refractivity contribution in [3.05, 3.63) is 47.1 Å². The Bertz CT molecular complexity index is 770. The smallest absolute Gasteiger partial charge is 0.244 e. The van der Waals surface area contributed by atoms with Gasteiger partial charge in [0.25, 0.3) is 0 Å². The zero-order valence-corrected chi connectivity index (χ0v) is 10.6. The maximum Gasteiger partial charge on any atom is 0.244 e. The normalized spacial score (nSPS) is 10.5. The van der Waals surface area contributed by atoms with Gasteiger partial charge >= 0.3 is 0 Å². The topological polar surface area (TPSA) is 70.5 Å². The molecule has 0 saturated heterocycles. The van der Waals surface area contributed by atoms with Gasteiger partial charge < -0.3 is 9.84 Å². The number of thiazole rings is 1. The lowest BCUT2D eigenvalue weighted by Gasteiger charge is -2.04. The summed E-state index contributed by atoms with van der Waals surface area (Å²) in [5.74, 6) is 0.893. The highest BCUT2D eigenvalue weighted by atomic mass is 32.1. The van der Waals surface area contributed by atoms with Crippen molar-refractivity contribution in [3.8, 4) is 17.7 Å². The van der Waals surface area contributed by atoms with Crippen LogP contribution in [0, 0.1) is 11.3 Å². The molecule has 6 heteroatoms. The minimum absolute atomic E-state index is 0.162. The van der Waals surface area contributed by atoms with E-state index in [4.69, 9.17) is 10.00 Å². The molecule has 0 fully saturated rings. The van der Waals surface area contributed by atoms with Gasteiger partial charge in [-0.2, -0.15) is 10.2 Å². The van der Waals surface area contributed by atoms with Crippen molar-refractivity contribution in [2.24, 2.45) is 0 Å². The lowest BCUT2D eigenvalue weighted by Crippen LogP contribution is -1.93. The number of benzene rings is 1. The molecule has 0 bridgehead atoms. The Balaban J connectivity index is 2.00. The Morgan fingerprint density at radius 2 is 2.37 bits per heavy atom. The van der Waals surface area contributed by atoms with Crippen molar-refractivity contribution in [2.45, 2.75) is 6.61 Å². The molecular weight excluding hydrogens is 262 g/mol. The third-order valence-electron chi connectivity index (χ3n) is 2.65. The lowest BCUT2D eigenvalue weighted by molar-refractivity contribution is 0.270. The minimum Gasteiger partial charge on any atom is -0.437 e. The Morgan fingerprint density at radius 1 is 1.47 bits per heavy atom. The van der Waals surface area contributed by atoms with Gasteiger partial charge in [-0.1, -0.05) is 6.07 Å². The van der Waals surface area contributed by atoms with Crippen LogP contribution in [0.3, 0.4) is 0 Å². The van der Waals surface area contributed by atoms with Crippen LogP contribution in [0.15, 0.2) is 35.8 Å². The first-order valence-corrected chi connectivity index (χ1v) is 6.43. The van der Waals surface area contributed by atoms with Gasteiger partial charge in [-0.3, -0.25) is 4.40 Å². The highest BCUT2D eigenvalue weighted by molar-refractivity contribution is 7.15. The molecule has 0 atom stereocenters. The Hall–Kier alpha value is -2.36. The molecule has 5 nitrogen and oxygen atoms in total. The average Bonchev–Trinajstić information content (AvgIpc) is 2.99. The number of aromatic nitrogens is 2. The molecule has 3 aromatic rings. The van der Waals surface area contributed by atoms with E-state index in [1.165, 1.54) is 11.3 Å². The number of rotatable bonds is 3. The molecule has 0 aliphatic carbocycles. The number of ether oxygens (including phenoxy) is 1. The van der Waals surface area contributed by atoms with Crippen LogP contribution in [0.4, 0.5) is 0 Å². The van der Waals surface area contributed by atoms with Crippen LogP contribution in [0.25, 0.3) is 4.96 Å². The van der Waals surface area contributed by atoms with E-state index >= 15 is 0 Å². The molecule has 0 saturated carbocycles. The predicted molar refractivity (Wildman–Crippen MR) is 70.2 cm³/mol. The molecule has 1 aromatic carbocycles. The highest BCUT2D eigenvalue weighted by Crippen LogP contribution is 2.28. The van der Waals surface area contributed by atoms with Crippen LogP contribution < -0.4 is 4.74 Å². The minimum atomic E-state index is -0.162. The Kier molecular flexibility index (Phi) is 2.91. The van der Waals surface area contributed by atoms with E-state index in [2.05, 4.69) is 11.1 Å². The van der Waals surface area contributed by atoms with E-state index < -0.39 is 0 Å². The predicted octanol–water partition coefficient (Wildman–Crippen LogP) is 2.55. The fourth-order valence-electron chi connectivity index (χ4n) is 1.78. The standard InChI is InChI=1S/C13H9N3O2S/c14-7-9-2-1-3-10(6-9)18-12-11(8-17)16-4-5-19-13(16)15-12/h1-6,17H,8H2. The molecule has 0 unspecified atom stereocenters. The van der Waals surface area contributed by atoms with Gasteiger partial charge in [0, 0.05) is 11.6 Å². The van der Waals surface area contributed by atoms with Crippen molar-refractivity contribution in [2.75, 3.05) is 0 Å². The number of hydrogen-bond acceptors (Lipinski definition) is 5. The van der Waals surface area contributed by atoms with Crippen LogP contribution in [0.2, 0.25) is 0 Å². The molecule has 0 radical (unpaired) electrons. The summed E-state index contributed by atoms with van der Waals surface area (Å²) in [7, 11) is 0. The van der Waals surface area contributed by atoms with Crippen molar-refractivity contribution >= 4 is 16.3 Å². The van der Waals surface area contributed by atoms with Crippen molar-refractivity contribution in [1.29, 1.82) is 5.26 Å². The zero-order valence-electron chi connectivity index (χ0n) is 9.78. The number of aliphatic hydroxyl groups is 1. The molecule has 94 valence electrons. The fourth-order valence-corrected chi connectivity index (χ4v) is 2.50. The molecule has 2 heterocycles. The van der Waals surface area contributed by atoms with E-state index in [0.717, 1.165) is 4.96 Å². The van der Waals surface area contributed by atoms with Gasteiger partial charge in [-0.05, 0) is 18.2 Å². The highest BCUT2D eigenvalue weighted by Gasteiger charge is 2.14. The van der Waals surface area contributed by atoms with Gasteiger partial charge in [0.15, 0.2) is 4.96 Å². The maximum atomic E-state index is 9.41. The summed E-state index contributed by atoms with van der Waals surface area (Å²) >= 11 is 1.46. The van der Waals surface area contributed by atoms with E-state index in [9.17, 15) is 5.11 Å². The molecule has 0 spiro atoms. The van der Waals surface area contributed by atoms with Gasteiger partial charge in [0.1, 0.15) is 11.4 Å². The first-order chi connectivity index (χ1) is 9.31. The average molecular weight is 271 g/mol. The SMILES string of the molecule is N#Cc1cccc(Oc2nc3sccn3c2CO)c1. The van der Waals surface area contributed by atoms with Crippen molar-refractivity contribution in [1.82, 2.24) is 9.38 Å². The summed E-state index contributed by atoms with van der Waals surface area (Å²) in [6.45, 7) is -0.162. The van der Waals surface area contributed by atoms with E-state index in [1.54, 1.807) is 28.7 Å². The van der Waals surface area contributed by atoms with E-state index in [0.29, 0.717) is 22.9 Å². The molecule has 0 aliphatic heterocycles. The summed E-state index contributed by atoms with van der Waals surface area (Å²) in [4.78, 5) is 5.07. The molecule has 1 N–H and O–H groups in total. The molecular formula is C13H9N3O2S. The quantitative estimate of drug-likeness (QED) is 0.794. The number of imidazole rings is 1. The van der Waals surface area contributed by atoms with Crippen molar-refractivity contribution < 1.29 is 9.84 Å². The number of fused-ring (bicyclic) bond motifs is 1. The fraction of sp³-hybridized carbons (Fsp3) is 0.0769. The molecule has 19 heavy (non-hydrogen) atoms. The summed E-state index contributed by atoms with van der Waals surface area (Å²) in [5, 5.41) is 20.2. The number of hydrogen-bond donors (Lipinski definition) is 1. The third-order valence-corrected chi connectivity index (χ3v) is 3.41. The van der Waals surface area contributed by atoms with Crippen LogP contribution in [0.1, 0.15) is 11.3 Å². The second-order valence-electron chi connectivity index (χ2n) is 3.82. The van der Waals surface area contributed by atoms with Crippen LogP contribution in [0.5, 0.6) is 11.6 Å². The summed E-state index contributed by atoms with van der Waals surface area (Å²) in [5.41, 5.74) is 1.11. The molecule has 3 rings (SSSR count). The maximum absolute atomic E-state index is 9.41. The zero-order chi connectivity index (χ0) is 13.2. The van der Waals surface area contributed by atoms with E-state index in [-0.39, 0.29) is 6.61 Å². The molecule has 0 amide bonds. The first kappa shape index (κ1) is 11.7. The number of nitriles is 1. The van der Waals surface area contributed by atoms with Gasteiger partial charge in [-0.25, -0.2) is 0 Å². The summed E-state index contributed by atoms with van der Waals surface area (Å²) < 4.78 is 7.44. The molecule has 2 aromatic heterocycles. The Labute approximate surface area is 112 Å². The third kappa shape index (κ3) is 2.05. The monoisotopic (exact) mass is 271 g/mol. The summed E-state index contributed by atoms with van der Waals surface area (Å²) in [6, 6.07) is 8.87.